The third-order valence-electron chi connectivity index (χ3n) is 3.08. The van der Waals surface area contributed by atoms with E-state index in [1.807, 2.05) is 0 Å². The summed E-state index contributed by atoms with van der Waals surface area (Å²) in [6.45, 7) is 5.29. The van der Waals surface area contributed by atoms with E-state index >= 15 is 0 Å². The Kier molecular flexibility index (Phi) is 2.66. The van der Waals surface area contributed by atoms with Crippen molar-refractivity contribution in [2.75, 3.05) is 33.2 Å². The molecule has 0 aromatic heterocycles. The molecule has 0 radical (unpaired) electrons. The maximum Gasteiger partial charge on any atom is 0.00224 e. The van der Waals surface area contributed by atoms with Crippen molar-refractivity contribution in [1.82, 2.24) is 10.2 Å². The Balaban J connectivity index is 1.66. The lowest BCUT2D eigenvalue weighted by molar-refractivity contribution is 0.310. The van der Waals surface area contributed by atoms with Gasteiger partial charge in [-0.2, -0.15) is 0 Å². The highest BCUT2D eigenvalue weighted by Crippen LogP contribution is 2.31. The maximum absolute atomic E-state index is 3.27. The summed E-state index contributed by atoms with van der Waals surface area (Å²) in [6.07, 6.45) is 4.40. The van der Waals surface area contributed by atoms with E-state index in [1.54, 1.807) is 0 Å². The van der Waals surface area contributed by atoms with Crippen molar-refractivity contribution in [3.8, 4) is 0 Å². The van der Waals surface area contributed by atoms with Crippen LogP contribution in [-0.2, 0) is 0 Å². The fourth-order valence-electron chi connectivity index (χ4n) is 2.20. The third kappa shape index (κ3) is 2.20. The van der Waals surface area contributed by atoms with Crippen LogP contribution in [0.1, 0.15) is 19.3 Å². The fourth-order valence-corrected chi connectivity index (χ4v) is 2.20. The number of nitrogens with zero attached hydrogens (tertiary/aromatic N) is 1. The number of nitrogens with one attached hydrogen (secondary N) is 1. The highest BCUT2D eigenvalue weighted by molar-refractivity contribution is 4.82. The van der Waals surface area contributed by atoms with Crippen LogP contribution in [0.15, 0.2) is 0 Å². The predicted molar refractivity (Wildman–Crippen MR) is 51.2 cm³/mol. The van der Waals surface area contributed by atoms with Gasteiger partial charge in [-0.05, 0) is 51.2 Å². The molecule has 0 amide bonds. The summed E-state index contributed by atoms with van der Waals surface area (Å²) >= 11 is 0. The molecule has 1 aliphatic carbocycles. The molecule has 1 heterocycles. The number of hydrogen-bond acceptors (Lipinski definition) is 2. The Hall–Kier alpha value is -0.0800. The van der Waals surface area contributed by atoms with Crippen molar-refractivity contribution in [2.45, 2.75) is 19.3 Å². The summed E-state index contributed by atoms with van der Waals surface area (Å²) in [5, 5.41) is 3.27. The van der Waals surface area contributed by atoms with E-state index in [0.29, 0.717) is 0 Å². The molecule has 0 bridgehead atoms. The zero-order valence-electron chi connectivity index (χ0n) is 8.05. The molecule has 70 valence electrons. The number of rotatable bonds is 4. The highest BCUT2D eigenvalue weighted by atomic mass is 15.2. The summed E-state index contributed by atoms with van der Waals surface area (Å²) in [4.78, 5) is 2.65. The van der Waals surface area contributed by atoms with Crippen LogP contribution < -0.4 is 5.32 Å². The monoisotopic (exact) mass is 168 g/mol. The molecule has 1 N–H and O–H groups in total. The minimum absolute atomic E-state index is 0.925. The molecule has 1 saturated carbocycles. The van der Waals surface area contributed by atoms with Crippen molar-refractivity contribution in [1.29, 1.82) is 0 Å². The quantitative estimate of drug-likeness (QED) is 0.672. The molecule has 0 spiro atoms. The van der Waals surface area contributed by atoms with Gasteiger partial charge in [0, 0.05) is 13.1 Å². The second-order valence-corrected chi connectivity index (χ2v) is 4.42. The third-order valence-corrected chi connectivity index (χ3v) is 3.08. The van der Waals surface area contributed by atoms with Gasteiger partial charge in [0.05, 0.1) is 0 Å². The van der Waals surface area contributed by atoms with Crippen LogP contribution in [0.3, 0.4) is 0 Å². The predicted octanol–water partition coefficient (Wildman–Crippen LogP) is 0.938. The van der Waals surface area contributed by atoms with Gasteiger partial charge in [0.25, 0.3) is 0 Å². The summed E-state index contributed by atoms with van der Waals surface area (Å²) in [6, 6.07) is 0. The zero-order valence-corrected chi connectivity index (χ0v) is 8.05. The van der Waals surface area contributed by atoms with Crippen molar-refractivity contribution in [3.63, 3.8) is 0 Å². The van der Waals surface area contributed by atoms with Crippen LogP contribution in [0, 0.1) is 11.8 Å². The first-order valence-electron chi connectivity index (χ1n) is 5.25. The molecule has 0 aromatic carbocycles. The average Bonchev–Trinajstić information content (AvgIpc) is 2.74. The van der Waals surface area contributed by atoms with Crippen molar-refractivity contribution in [2.24, 2.45) is 11.8 Å². The SMILES string of the molecule is CNCC1CCN(CC2CC2)C1. The van der Waals surface area contributed by atoms with Crippen molar-refractivity contribution in [3.05, 3.63) is 0 Å². The van der Waals surface area contributed by atoms with Gasteiger partial charge < -0.3 is 10.2 Å². The Labute approximate surface area is 75.3 Å². The first kappa shape index (κ1) is 8.52. The molecule has 2 aliphatic rings. The van der Waals surface area contributed by atoms with Crippen molar-refractivity contribution >= 4 is 0 Å². The molecule has 2 nitrogen and oxygen atoms in total. The van der Waals surface area contributed by atoms with Gasteiger partial charge in [-0.25, -0.2) is 0 Å². The van der Waals surface area contributed by atoms with Crippen LogP contribution in [0.4, 0.5) is 0 Å². The van der Waals surface area contributed by atoms with E-state index in [4.69, 9.17) is 0 Å². The molecule has 1 atom stereocenters. The largest absolute Gasteiger partial charge is 0.319 e. The minimum Gasteiger partial charge on any atom is -0.319 e. The Morgan fingerprint density at radius 2 is 2.08 bits per heavy atom. The topological polar surface area (TPSA) is 15.3 Å². The normalized spacial score (nSPS) is 31.2. The molecule has 2 rings (SSSR count). The zero-order chi connectivity index (χ0) is 8.39. The van der Waals surface area contributed by atoms with Gasteiger partial charge in [-0.1, -0.05) is 0 Å². The summed E-state index contributed by atoms with van der Waals surface area (Å²) in [5.74, 6) is 1.99. The molecule has 0 aromatic rings. The number of likely N-dealkylation sites (tertiary alicyclic amines) is 1. The maximum atomic E-state index is 3.27. The summed E-state index contributed by atoms with van der Waals surface area (Å²) in [5.41, 5.74) is 0. The Morgan fingerprint density at radius 1 is 1.25 bits per heavy atom. The fraction of sp³-hybridized carbons (Fsp3) is 1.00. The standard InChI is InChI=1S/C10H20N2/c1-11-6-10-4-5-12(8-10)7-9-2-3-9/h9-11H,2-8H2,1H3. The highest BCUT2D eigenvalue weighted by Gasteiger charge is 2.28. The van der Waals surface area contributed by atoms with Crippen LogP contribution in [-0.4, -0.2) is 38.1 Å². The van der Waals surface area contributed by atoms with Crippen LogP contribution in [0.5, 0.6) is 0 Å². The van der Waals surface area contributed by atoms with Gasteiger partial charge in [0.15, 0.2) is 0 Å². The minimum atomic E-state index is 0.925. The lowest BCUT2D eigenvalue weighted by atomic mass is 10.1. The van der Waals surface area contributed by atoms with E-state index in [1.165, 1.54) is 45.4 Å². The lowest BCUT2D eigenvalue weighted by Crippen LogP contribution is -2.26. The smallest absolute Gasteiger partial charge is 0.00224 e. The molecule has 1 unspecified atom stereocenters. The second-order valence-electron chi connectivity index (χ2n) is 4.42. The van der Waals surface area contributed by atoms with Gasteiger partial charge in [-0.15, -0.1) is 0 Å². The molecular formula is C10H20N2. The molecule has 2 heteroatoms. The number of hydrogen-bond donors (Lipinski definition) is 1. The Bertz CT molecular complexity index is 143. The molecular weight excluding hydrogens is 148 g/mol. The van der Waals surface area contributed by atoms with E-state index in [-0.39, 0.29) is 0 Å². The average molecular weight is 168 g/mol. The summed E-state index contributed by atoms with van der Waals surface area (Å²) in [7, 11) is 2.06. The first-order chi connectivity index (χ1) is 5.88. The Morgan fingerprint density at radius 3 is 2.75 bits per heavy atom. The van der Waals surface area contributed by atoms with Crippen LogP contribution in [0.2, 0.25) is 0 Å². The molecule has 1 aliphatic heterocycles. The summed E-state index contributed by atoms with van der Waals surface area (Å²) < 4.78 is 0. The van der Waals surface area contributed by atoms with Crippen molar-refractivity contribution < 1.29 is 0 Å². The lowest BCUT2D eigenvalue weighted by Gasteiger charge is -2.14. The van der Waals surface area contributed by atoms with E-state index < -0.39 is 0 Å². The van der Waals surface area contributed by atoms with Gasteiger partial charge in [0.2, 0.25) is 0 Å². The van der Waals surface area contributed by atoms with E-state index in [0.717, 1.165) is 11.8 Å². The van der Waals surface area contributed by atoms with Gasteiger partial charge in [0.1, 0.15) is 0 Å². The van der Waals surface area contributed by atoms with Gasteiger partial charge in [-0.3, -0.25) is 0 Å². The molecule has 1 saturated heterocycles. The van der Waals surface area contributed by atoms with E-state index in [2.05, 4.69) is 17.3 Å². The van der Waals surface area contributed by atoms with E-state index in [9.17, 15) is 0 Å². The van der Waals surface area contributed by atoms with Gasteiger partial charge >= 0.3 is 0 Å². The first-order valence-corrected chi connectivity index (χ1v) is 5.25. The molecule has 2 fully saturated rings. The molecule has 12 heavy (non-hydrogen) atoms. The second kappa shape index (κ2) is 3.75. The van der Waals surface area contributed by atoms with Crippen LogP contribution in [0.25, 0.3) is 0 Å². The van der Waals surface area contributed by atoms with Crippen LogP contribution >= 0.6 is 0 Å².